The minimum atomic E-state index is -4.25. The number of aryl methyl sites for hydroxylation is 1. The average Bonchev–Trinajstić information content (AvgIpc) is 3.03. The highest BCUT2D eigenvalue weighted by Crippen LogP contribution is 2.28. The number of nitrogens with zero attached hydrogens (tertiary/aromatic N) is 2. The van der Waals surface area contributed by atoms with Gasteiger partial charge in [0.1, 0.15) is 18.4 Å². The fraction of sp³-hybridized carbons (Fsp3) is 0.257. The Kier molecular flexibility index (Phi) is 11.7. The van der Waals surface area contributed by atoms with E-state index in [1.165, 1.54) is 41.3 Å². The summed E-state index contributed by atoms with van der Waals surface area (Å²) < 4.78 is 43.1. The molecule has 45 heavy (non-hydrogen) atoms. The van der Waals surface area contributed by atoms with E-state index in [1.807, 2.05) is 37.3 Å². The summed E-state index contributed by atoms with van der Waals surface area (Å²) in [6.07, 6.45) is 1.83. The van der Waals surface area contributed by atoms with Crippen LogP contribution in [0.1, 0.15) is 36.5 Å². The number of unbranched alkanes of at least 4 members (excludes halogenated alkanes) is 1. The molecule has 0 radical (unpaired) electrons. The van der Waals surface area contributed by atoms with E-state index in [9.17, 15) is 22.4 Å². The normalized spacial score (nSPS) is 11.9. The highest BCUT2D eigenvalue weighted by molar-refractivity contribution is 7.92. The molecule has 0 unspecified atom stereocenters. The van der Waals surface area contributed by atoms with Crippen LogP contribution in [-0.2, 0) is 32.6 Å². The second kappa shape index (κ2) is 15.7. The monoisotopic (exact) mass is 649 g/mol. The van der Waals surface area contributed by atoms with E-state index in [2.05, 4.69) is 5.32 Å². The molecule has 10 heteroatoms. The third kappa shape index (κ3) is 8.93. The third-order valence-corrected chi connectivity index (χ3v) is 9.46. The highest BCUT2D eigenvalue weighted by atomic mass is 35.5. The standard InChI is InChI=1S/C35H37ClFN3O4S/c1-3-4-22-38-35(42)33(23-27-11-6-5-7-12-27)39(24-28-14-18-30(37)19-15-28)34(41)25-40(32-13-9-8-10-26(32)2)45(43,44)31-20-16-29(36)17-21-31/h5-21,33H,3-4,22-25H2,1-2H3,(H,38,42)/t33-/m1/s1. The topological polar surface area (TPSA) is 86.8 Å². The Morgan fingerprint density at radius 1 is 0.867 bits per heavy atom. The number of hydrogen-bond donors (Lipinski definition) is 1. The predicted molar refractivity (Wildman–Crippen MR) is 176 cm³/mol. The fourth-order valence-electron chi connectivity index (χ4n) is 4.94. The van der Waals surface area contributed by atoms with Crippen molar-refractivity contribution >= 4 is 39.1 Å². The number of para-hydroxylation sites is 1. The molecule has 0 aromatic heterocycles. The van der Waals surface area contributed by atoms with Gasteiger partial charge in [-0.1, -0.05) is 85.6 Å². The number of anilines is 1. The summed E-state index contributed by atoms with van der Waals surface area (Å²) in [6, 6.07) is 26.6. The first-order chi connectivity index (χ1) is 21.6. The molecule has 2 amide bonds. The largest absolute Gasteiger partial charge is 0.354 e. The van der Waals surface area contributed by atoms with E-state index in [4.69, 9.17) is 11.6 Å². The van der Waals surface area contributed by atoms with Crippen LogP contribution in [0.5, 0.6) is 0 Å². The first kappa shape index (κ1) is 33.7. The van der Waals surface area contributed by atoms with Crippen LogP contribution in [0.15, 0.2) is 108 Å². The lowest BCUT2D eigenvalue weighted by molar-refractivity contribution is -0.140. The number of rotatable bonds is 14. The first-order valence-electron chi connectivity index (χ1n) is 14.8. The lowest BCUT2D eigenvalue weighted by Crippen LogP contribution is -2.53. The van der Waals surface area contributed by atoms with Crippen molar-refractivity contribution in [2.45, 2.75) is 50.6 Å². The molecule has 0 aliphatic carbocycles. The Morgan fingerprint density at radius 3 is 2.16 bits per heavy atom. The summed E-state index contributed by atoms with van der Waals surface area (Å²) in [7, 11) is -4.25. The van der Waals surface area contributed by atoms with Crippen LogP contribution < -0.4 is 9.62 Å². The van der Waals surface area contributed by atoms with Gasteiger partial charge in [0, 0.05) is 24.5 Å². The van der Waals surface area contributed by atoms with Gasteiger partial charge in [-0.05, 0) is 72.5 Å². The Bertz CT molecular complexity index is 1680. The number of sulfonamides is 1. The van der Waals surface area contributed by atoms with Gasteiger partial charge in [-0.3, -0.25) is 13.9 Å². The van der Waals surface area contributed by atoms with Gasteiger partial charge in [0.05, 0.1) is 10.6 Å². The molecular weight excluding hydrogens is 613 g/mol. The molecule has 7 nitrogen and oxygen atoms in total. The minimum Gasteiger partial charge on any atom is -0.354 e. The van der Waals surface area contributed by atoms with Gasteiger partial charge in [-0.25, -0.2) is 12.8 Å². The molecule has 4 aromatic rings. The van der Waals surface area contributed by atoms with E-state index >= 15 is 0 Å². The van der Waals surface area contributed by atoms with Crippen molar-refractivity contribution in [1.29, 1.82) is 0 Å². The third-order valence-electron chi connectivity index (χ3n) is 7.43. The van der Waals surface area contributed by atoms with E-state index in [0.717, 1.165) is 22.7 Å². The molecule has 0 saturated carbocycles. The minimum absolute atomic E-state index is 0.0359. The number of benzene rings is 4. The molecule has 0 bridgehead atoms. The Balaban J connectivity index is 1.79. The molecule has 4 aromatic carbocycles. The summed E-state index contributed by atoms with van der Waals surface area (Å²) >= 11 is 6.04. The van der Waals surface area contributed by atoms with E-state index in [1.54, 1.807) is 43.3 Å². The van der Waals surface area contributed by atoms with Gasteiger partial charge in [-0.2, -0.15) is 0 Å². The molecule has 0 saturated heterocycles. The molecule has 4 rings (SSSR count). The Labute approximate surface area is 269 Å². The summed E-state index contributed by atoms with van der Waals surface area (Å²) in [5, 5.41) is 3.32. The second-order valence-corrected chi connectivity index (χ2v) is 13.0. The number of carbonyl (C=O) groups is 2. The number of hydrogen-bond acceptors (Lipinski definition) is 4. The average molecular weight is 650 g/mol. The Hall–Kier alpha value is -4.21. The molecule has 0 spiro atoms. The van der Waals surface area contributed by atoms with E-state index in [-0.39, 0.29) is 23.8 Å². The van der Waals surface area contributed by atoms with Crippen LogP contribution in [0.3, 0.4) is 0 Å². The van der Waals surface area contributed by atoms with Crippen molar-refractivity contribution in [1.82, 2.24) is 10.2 Å². The maximum Gasteiger partial charge on any atom is 0.264 e. The van der Waals surface area contributed by atoms with Crippen LogP contribution >= 0.6 is 11.6 Å². The number of amides is 2. The molecular formula is C35H37ClFN3O4S. The van der Waals surface area contributed by atoms with Crippen molar-refractivity contribution in [3.05, 3.63) is 131 Å². The smallest absolute Gasteiger partial charge is 0.264 e. The van der Waals surface area contributed by atoms with Crippen molar-refractivity contribution < 1.29 is 22.4 Å². The van der Waals surface area contributed by atoms with Crippen LogP contribution in [0.25, 0.3) is 0 Å². The molecule has 236 valence electrons. The maximum absolute atomic E-state index is 14.5. The van der Waals surface area contributed by atoms with Crippen molar-refractivity contribution in [3.8, 4) is 0 Å². The molecule has 0 aliphatic rings. The van der Waals surface area contributed by atoms with Crippen LogP contribution in [0.2, 0.25) is 5.02 Å². The van der Waals surface area contributed by atoms with Gasteiger partial charge >= 0.3 is 0 Å². The first-order valence-corrected chi connectivity index (χ1v) is 16.6. The van der Waals surface area contributed by atoms with Gasteiger partial charge in [0.25, 0.3) is 10.0 Å². The van der Waals surface area contributed by atoms with E-state index in [0.29, 0.717) is 28.4 Å². The SMILES string of the molecule is CCCCNC(=O)[C@@H](Cc1ccccc1)N(Cc1ccc(F)cc1)C(=O)CN(c1ccccc1C)S(=O)(=O)c1ccc(Cl)cc1. The van der Waals surface area contributed by atoms with Crippen LogP contribution in [-0.4, -0.2) is 44.3 Å². The molecule has 0 fully saturated rings. The Morgan fingerprint density at radius 2 is 1.51 bits per heavy atom. The summed E-state index contributed by atoms with van der Waals surface area (Å²) in [5.41, 5.74) is 2.39. The van der Waals surface area contributed by atoms with Gasteiger partial charge in [-0.15, -0.1) is 0 Å². The molecule has 0 aliphatic heterocycles. The molecule has 0 heterocycles. The zero-order valence-corrected chi connectivity index (χ0v) is 26.9. The predicted octanol–water partition coefficient (Wildman–Crippen LogP) is 6.54. The lowest BCUT2D eigenvalue weighted by atomic mass is 10.0. The summed E-state index contributed by atoms with van der Waals surface area (Å²) in [4.78, 5) is 29.6. The zero-order valence-electron chi connectivity index (χ0n) is 25.3. The summed E-state index contributed by atoms with van der Waals surface area (Å²) in [6.45, 7) is 3.59. The van der Waals surface area contributed by atoms with Crippen molar-refractivity contribution in [2.24, 2.45) is 0 Å². The fourth-order valence-corrected chi connectivity index (χ4v) is 6.54. The van der Waals surface area contributed by atoms with Gasteiger partial charge in [0.2, 0.25) is 11.8 Å². The number of carbonyl (C=O) groups excluding carboxylic acids is 2. The number of halogens is 2. The van der Waals surface area contributed by atoms with Gasteiger partial charge < -0.3 is 10.2 Å². The van der Waals surface area contributed by atoms with Crippen LogP contribution in [0.4, 0.5) is 10.1 Å². The zero-order chi connectivity index (χ0) is 32.4. The summed E-state index contributed by atoms with van der Waals surface area (Å²) in [5.74, 6) is -1.38. The second-order valence-electron chi connectivity index (χ2n) is 10.8. The van der Waals surface area contributed by atoms with Crippen LogP contribution in [0, 0.1) is 12.7 Å². The molecule has 1 atom stereocenters. The van der Waals surface area contributed by atoms with Gasteiger partial charge in [0.15, 0.2) is 0 Å². The maximum atomic E-state index is 14.5. The van der Waals surface area contributed by atoms with Crippen molar-refractivity contribution in [3.63, 3.8) is 0 Å². The number of nitrogens with one attached hydrogen (secondary N) is 1. The van der Waals surface area contributed by atoms with Crippen molar-refractivity contribution in [2.75, 3.05) is 17.4 Å². The highest BCUT2D eigenvalue weighted by Gasteiger charge is 2.35. The quantitative estimate of drug-likeness (QED) is 0.157. The van der Waals surface area contributed by atoms with E-state index < -0.39 is 34.3 Å². The molecule has 1 N–H and O–H groups in total. The lowest BCUT2D eigenvalue weighted by Gasteiger charge is -2.34.